The number of carbonyl (C=O) groups is 1. The van der Waals surface area contributed by atoms with Crippen LogP contribution in [0.25, 0.3) is 11.1 Å². The Labute approximate surface area is 228 Å². The highest BCUT2D eigenvalue weighted by molar-refractivity contribution is 7.89. The van der Waals surface area contributed by atoms with Crippen molar-refractivity contribution in [3.05, 3.63) is 57.6 Å². The number of rotatable bonds is 7. The molecule has 38 heavy (non-hydrogen) atoms. The number of sulfonamides is 1. The average molecular weight is 542 g/mol. The van der Waals surface area contributed by atoms with Gasteiger partial charge < -0.3 is 9.84 Å². The molecule has 2 aromatic rings. The van der Waals surface area contributed by atoms with E-state index in [1.165, 1.54) is 6.42 Å². The standard InChI is InChI=1S/C31H43NO5S/c1-20-12-14-24(15-13-20)27-21(2)25-16-17-32(38(35,36)19-23-10-8-7-9-11-23)18-26(25)22(3)28(27)29(30(33)34)37-31(4,5)6/h12-15,23,29H,7-11,16-19H2,1-6H3,(H,33,34)/t29-/m0/s1. The number of nitrogens with zero attached hydrogens (tertiary/aromatic N) is 1. The van der Waals surface area contributed by atoms with Gasteiger partial charge in [0.2, 0.25) is 10.0 Å². The lowest BCUT2D eigenvalue weighted by molar-refractivity contribution is -0.160. The number of benzene rings is 2. The predicted octanol–water partition coefficient (Wildman–Crippen LogP) is 6.49. The van der Waals surface area contributed by atoms with Crippen LogP contribution in [0.1, 0.15) is 92.4 Å². The molecule has 1 aliphatic heterocycles. The van der Waals surface area contributed by atoms with Crippen LogP contribution in [0.3, 0.4) is 0 Å². The van der Waals surface area contributed by atoms with E-state index >= 15 is 0 Å². The van der Waals surface area contributed by atoms with Gasteiger partial charge in [0.1, 0.15) is 0 Å². The molecular formula is C31H43NO5S. The molecular weight excluding hydrogens is 498 g/mol. The van der Waals surface area contributed by atoms with E-state index in [-0.39, 0.29) is 18.2 Å². The van der Waals surface area contributed by atoms with Crippen molar-refractivity contribution in [3.8, 4) is 11.1 Å². The lowest BCUT2D eigenvalue weighted by atomic mass is 9.80. The second kappa shape index (κ2) is 11.1. The highest BCUT2D eigenvalue weighted by Gasteiger charge is 2.37. The fraction of sp³-hybridized carbons (Fsp3) is 0.581. The van der Waals surface area contributed by atoms with Crippen LogP contribution in [0.15, 0.2) is 24.3 Å². The van der Waals surface area contributed by atoms with Gasteiger partial charge >= 0.3 is 5.97 Å². The molecule has 2 aromatic carbocycles. The first-order valence-corrected chi connectivity index (χ1v) is 15.5. The van der Waals surface area contributed by atoms with E-state index < -0.39 is 27.7 Å². The molecule has 0 saturated heterocycles. The van der Waals surface area contributed by atoms with Gasteiger partial charge in [0.25, 0.3) is 0 Å². The van der Waals surface area contributed by atoms with Gasteiger partial charge in [-0.25, -0.2) is 13.2 Å². The minimum absolute atomic E-state index is 0.208. The molecule has 208 valence electrons. The molecule has 7 heteroatoms. The second-order valence-corrected chi connectivity index (χ2v) is 14.2. The van der Waals surface area contributed by atoms with E-state index in [0.717, 1.165) is 64.6 Å². The van der Waals surface area contributed by atoms with Crippen LogP contribution in [0.5, 0.6) is 0 Å². The van der Waals surface area contributed by atoms with Gasteiger partial charge in [-0.2, -0.15) is 4.31 Å². The molecule has 1 fully saturated rings. The molecule has 0 radical (unpaired) electrons. The van der Waals surface area contributed by atoms with E-state index in [0.29, 0.717) is 18.5 Å². The molecule has 1 saturated carbocycles. The molecule has 0 unspecified atom stereocenters. The first kappa shape index (κ1) is 28.8. The normalized spacial score (nSPS) is 18.3. The Morgan fingerprint density at radius 3 is 2.24 bits per heavy atom. The van der Waals surface area contributed by atoms with Gasteiger partial charge in [-0.3, -0.25) is 0 Å². The van der Waals surface area contributed by atoms with Gasteiger partial charge in [0, 0.05) is 18.7 Å². The summed E-state index contributed by atoms with van der Waals surface area (Å²) in [7, 11) is -3.41. The molecule has 0 bridgehead atoms. The third kappa shape index (κ3) is 6.16. The van der Waals surface area contributed by atoms with Crippen LogP contribution in [-0.4, -0.2) is 41.7 Å². The summed E-state index contributed by atoms with van der Waals surface area (Å²) in [6, 6.07) is 8.14. The Balaban J connectivity index is 1.83. The van der Waals surface area contributed by atoms with Crippen molar-refractivity contribution < 1.29 is 23.1 Å². The minimum atomic E-state index is -3.41. The third-order valence-corrected chi connectivity index (χ3v) is 10.1. The maximum atomic E-state index is 13.5. The van der Waals surface area contributed by atoms with Gasteiger partial charge in [0.15, 0.2) is 6.10 Å². The first-order valence-electron chi connectivity index (χ1n) is 13.9. The van der Waals surface area contributed by atoms with Crippen molar-refractivity contribution in [1.29, 1.82) is 0 Å². The Bertz CT molecular complexity index is 1290. The zero-order valence-corrected chi connectivity index (χ0v) is 24.6. The SMILES string of the molecule is Cc1ccc(-c2c(C)c3c(c(C)c2[C@H](OC(C)(C)C)C(=O)O)CN(S(=O)(=O)CC2CCCCC2)CC3)cc1. The number of aliphatic carboxylic acids is 1. The molecule has 4 rings (SSSR count). The molecule has 0 spiro atoms. The lowest BCUT2D eigenvalue weighted by Gasteiger charge is -2.35. The summed E-state index contributed by atoms with van der Waals surface area (Å²) in [6.45, 7) is 12.3. The molecule has 0 amide bonds. The van der Waals surface area contributed by atoms with Crippen LogP contribution in [0.4, 0.5) is 0 Å². The Morgan fingerprint density at radius 2 is 1.66 bits per heavy atom. The number of hydrogen-bond acceptors (Lipinski definition) is 4. The summed E-state index contributed by atoms with van der Waals surface area (Å²) >= 11 is 0. The Morgan fingerprint density at radius 1 is 1.03 bits per heavy atom. The van der Waals surface area contributed by atoms with Crippen LogP contribution >= 0.6 is 0 Å². The van der Waals surface area contributed by atoms with Crippen molar-refractivity contribution >= 4 is 16.0 Å². The summed E-state index contributed by atoms with van der Waals surface area (Å²) in [5.41, 5.74) is 6.79. The summed E-state index contributed by atoms with van der Waals surface area (Å²) in [6.07, 6.45) is 4.81. The number of hydrogen-bond donors (Lipinski definition) is 1. The summed E-state index contributed by atoms with van der Waals surface area (Å²) in [5, 5.41) is 10.4. The van der Waals surface area contributed by atoms with Gasteiger partial charge in [-0.05, 0) is 100 Å². The van der Waals surface area contributed by atoms with Gasteiger partial charge in [-0.1, -0.05) is 49.1 Å². The number of carboxylic acid groups (broad SMARTS) is 1. The first-order chi connectivity index (χ1) is 17.8. The van der Waals surface area contributed by atoms with E-state index in [1.54, 1.807) is 4.31 Å². The van der Waals surface area contributed by atoms with E-state index in [9.17, 15) is 18.3 Å². The molecule has 1 atom stereocenters. The van der Waals surface area contributed by atoms with E-state index in [4.69, 9.17) is 4.74 Å². The monoisotopic (exact) mass is 541 g/mol. The summed E-state index contributed by atoms with van der Waals surface area (Å²) < 4.78 is 34.8. The van der Waals surface area contributed by atoms with Crippen molar-refractivity contribution in [2.45, 2.75) is 98.3 Å². The van der Waals surface area contributed by atoms with Crippen LogP contribution < -0.4 is 0 Å². The zero-order chi connectivity index (χ0) is 27.8. The maximum absolute atomic E-state index is 13.5. The molecule has 2 aliphatic rings. The predicted molar refractivity (Wildman–Crippen MR) is 152 cm³/mol. The second-order valence-electron chi connectivity index (χ2n) is 12.2. The van der Waals surface area contributed by atoms with Crippen LogP contribution in [0.2, 0.25) is 0 Å². The fourth-order valence-electron chi connectivity index (χ4n) is 6.20. The zero-order valence-electron chi connectivity index (χ0n) is 23.8. The summed E-state index contributed by atoms with van der Waals surface area (Å²) in [5.74, 6) is -0.609. The molecule has 0 aromatic heterocycles. The average Bonchev–Trinajstić information content (AvgIpc) is 2.85. The van der Waals surface area contributed by atoms with Crippen LogP contribution in [0, 0.1) is 26.7 Å². The van der Waals surface area contributed by atoms with Gasteiger partial charge in [0.05, 0.1) is 11.4 Å². The smallest absolute Gasteiger partial charge is 0.337 e. The van der Waals surface area contributed by atoms with Crippen LogP contribution in [-0.2, 0) is 32.5 Å². The largest absolute Gasteiger partial charge is 0.479 e. The van der Waals surface area contributed by atoms with E-state index in [1.807, 2.05) is 65.8 Å². The number of aryl methyl sites for hydroxylation is 1. The lowest BCUT2D eigenvalue weighted by Crippen LogP contribution is -2.40. The van der Waals surface area contributed by atoms with Crippen molar-refractivity contribution in [1.82, 2.24) is 4.31 Å². The fourth-order valence-corrected chi connectivity index (χ4v) is 8.04. The van der Waals surface area contributed by atoms with Crippen molar-refractivity contribution in [2.24, 2.45) is 5.92 Å². The maximum Gasteiger partial charge on any atom is 0.337 e. The number of fused-ring (bicyclic) bond motifs is 1. The highest BCUT2D eigenvalue weighted by atomic mass is 32.2. The van der Waals surface area contributed by atoms with E-state index in [2.05, 4.69) is 0 Å². The Hall–Kier alpha value is -2.22. The molecule has 1 heterocycles. The topological polar surface area (TPSA) is 83.9 Å². The quantitative estimate of drug-likeness (QED) is 0.433. The minimum Gasteiger partial charge on any atom is -0.479 e. The van der Waals surface area contributed by atoms with Crippen molar-refractivity contribution in [3.63, 3.8) is 0 Å². The number of ether oxygens (including phenoxy) is 1. The Kier molecular flexibility index (Phi) is 8.41. The molecule has 6 nitrogen and oxygen atoms in total. The molecule has 1 N–H and O–H groups in total. The highest BCUT2D eigenvalue weighted by Crippen LogP contribution is 2.43. The van der Waals surface area contributed by atoms with Gasteiger partial charge in [-0.15, -0.1) is 0 Å². The number of carboxylic acids is 1. The summed E-state index contributed by atoms with van der Waals surface area (Å²) in [4.78, 5) is 12.7. The van der Waals surface area contributed by atoms with Crippen molar-refractivity contribution in [2.75, 3.05) is 12.3 Å². The third-order valence-electron chi connectivity index (χ3n) is 8.13. The molecule has 1 aliphatic carbocycles.